The average Bonchev–Trinajstić information content (AvgIpc) is 2.89. The van der Waals surface area contributed by atoms with Crippen molar-refractivity contribution in [2.75, 3.05) is 13.2 Å². The van der Waals surface area contributed by atoms with Crippen LogP contribution < -0.4 is 0 Å². The van der Waals surface area contributed by atoms with Gasteiger partial charge in [-0.1, -0.05) is 18.6 Å². The van der Waals surface area contributed by atoms with Gasteiger partial charge in [0.25, 0.3) is 0 Å². The van der Waals surface area contributed by atoms with Gasteiger partial charge >= 0.3 is 11.9 Å². The fraction of sp³-hybridized carbons (Fsp3) is 0.750. The summed E-state index contributed by atoms with van der Waals surface area (Å²) in [6.45, 7) is 6.19. The summed E-state index contributed by atoms with van der Waals surface area (Å²) >= 11 is 0. The number of hydrogen-bond acceptors (Lipinski definition) is 4. The van der Waals surface area contributed by atoms with Gasteiger partial charge in [-0.15, -0.1) is 0 Å². The Bertz CT molecular complexity index is 351. The van der Waals surface area contributed by atoms with E-state index in [9.17, 15) is 9.59 Å². The predicted molar refractivity (Wildman–Crippen MR) is 77.1 cm³/mol. The van der Waals surface area contributed by atoms with E-state index < -0.39 is 5.92 Å². The molecule has 4 heteroatoms. The number of esters is 2. The molecule has 0 bridgehead atoms. The van der Waals surface area contributed by atoms with Crippen molar-refractivity contribution >= 4 is 11.9 Å². The van der Waals surface area contributed by atoms with E-state index in [0.717, 1.165) is 12.8 Å². The van der Waals surface area contributed by atoms with E-state index >= 15 is 0 Å². The molecular weight excluding hydrogens is 256 g/mol. The number of allylic oxidation sites excluding steroid dienone is 2. The van der Waals surface area contributed by atoms with Gasteiger partial charge in [-0.25, -0.2) is 0 Å². The lowest BCUT2D eigenvalue weighted by molar-refractivity contribution is -0.156. The van der Waals surface area contributed by atoms with Crippen LogP contribution >= 0.6 is 0 Å². The van der Waals surface area contributed by atoms with Crippen LogP contribution in [-0.4, -0.2) is 25.2 Å². The SMILES string of the molecule is CCOC(=O)CC(C(=O)OCC)C(C)C=C1CCCC1. The van der Waals surface area contributed by atoms with E-state index in [-0.39, 0.29) is 24.3 Å². The number of carbonyl (C=O) groups is 2. The van der Waals surface area contributed by atoms with Crippen LogP contribution in [-0.2, 0) is 19.1 Å². The zero-order valence-electron chi connectivity index (χ0n) is 12.8. The zero-order chi connectivity index (χ0) is 15.0. The second-order valence-corrected chi connectivity index (χ2v) is 5.26. The van der Waals surface area contributed by atoms with Crippen molar-refractivity contribution in [1.29, 1.82) is 0 Å². The van der Waals surface area contributed by atoms with Gasteiger partial charge in [0.1, 0.15) is 0 Å². The molecule has 1 aliphatic rings. The van der Waals surface area contributed by atoms with Gasteiger partial charge in [0.15, 0.2) is 0 Å². The Morgan fingerprint density at radius 2 is 1.75 bits per heavy atom. The normalized spacial score (nSPS) is 17.4. The highest BCUT2D eigenvalue weighted by Crippen LogP contribution is 2.28. The summed E-state index contributed by atoms with van der Waals surface area (Å²) < 4.78 is 10.0. The lowest BCUT2D eigenvalue weighted by Crippen LogP contribution is -2.27. The van der Waals surface area contributed by atoms with E-state index in [1.165, 1.54) is 18.4 Å². The minimum atomic E-state index is -0.443. The summed E-state index contributed by atoms with van der Waals surface area (Å²) in [5.74, 6) is -1.07. The molecule has 1 fully saturated rings. The van der Waals surface area contributed by atoms with Crippen LogP contribution in [0.5, 0.6) is 0 Å². The maximum atomic E-state index is 12.0. The maximum absolute atomic E-state index is 12.0. The molecule has 0 N–H and O–H groups in total. The predicted octanol–water partition coefficient (Wildman–Crippen LogP) is 3.26. The topological polar surface area (TPSA) is 52.6 Å². The number of carbonyl (C=O) groups excluding carboxylic acids is 2. The van der Waals surface area contributed by atoms with Crippen molar-refractivity contribution in [3.8, 4) is 0 Å². The van der Waals surface area contributed by atoms with E-state index in [4.69, 9.17) is 9.47 Å². The monoisotopic (exact) mass is 282 g/mol. The van der Waals surface area contributed by atoms with Crippen LogP contribution in [0, 0.1) is 11.8 Å². The molecule has 0 aliphatic heterocycles. The third-order valence-electron chi connectivity index (χ3n) is 3.66. The first-order chi connectivity index (χ1) is 9.58. The number of rotatable bonds is 7. The van der Waals surface area contributed by atoms with Gasteiger partial charge in [0.05, 0.1) is 25.6 Å². The van der Waals surface area contributed by atoms with E-state index in [0.29, 0.717) is 13.2 Å². The molecular formula is C16H26O4. The van der Waals surface area contributed by atoms with Gasteiger partial charge < -0.3 is 9.47 Å². The largest absolute Gasteiger partial charge is 0.466 e. The van der Waals surface area contributed by atoms with Gasteiger partial charge in [-0.2, -0.15) is 0 Å². The second-order valence-electron chi connectivity index (χ2n) is 5.26. The fourth-order valence-electron chi connectivity index (χ4n) is 2.62. The van der Waals surface area contributed by atoms with Crippen molar-refractivity contribution in [2.45, 2.75) is 52.9 Å². The molecule has 0 heterocycles. The van der Waals surface area contributed by atoms with Crippen molar-refractivity contribution < 1.29 is 19.1 Å². The van der Waals surface area contributed by atoms with E-state index in [1.54, 1.807) is 13.8 Å². The molecule has 114 valence electrons. The Kier molecular flexibility index (Phi) is 7.34. The second kappa shape index (κ2) is 8.77. The Labute approximate surface area is 121 Å². The van der Waals surface area contributed by atoms with Gasteiger partial charge in [0, 0.05) is 0 Å². The molecule has 0 saturated heterocycles. The number of hydrogen-bond donors (Lipinski definition) is 0. The third-order valence-corrected chi connectivity index (χ3v) is 3.66. The minimum Gasteiger partial charge on any atom is -0.466 e. The van der Waals surface area contributed by atoms with E-state index in [2.05, 4.69) is 6.08 Å². The van der Waals surface area contributed by atoms with Gasteiger partial charge in [0.2, 0.25) is 0 Å². The van der Waals surface area contributed by atoms with Crippen molar-refractivity contribution in [1.82, 2.24) is 0 Å². The zero-order valence-corrected chi connectivity index (χ0v) is 12.8. The molecule has 0 aromatic rings. The first-order valence-electron chi connectivity index (χ1n) is 7.60. The van der Waals surface area contributed by atoms with Crippen LogP contribution in [0.15, 0.2) is 11.6 Å². The highest BCUT2D eigenvalue weighted by molar-refractivity contribution is 5.80. The van der Waals surface area contributed by atoms with Crippen LogP contribution in [0.3, 0.4) is 0 Å². The summed E-state index contributed by atoms with van der Waals surface area (Å²) in [5.41, 5.74) is 1.40. The lowest BCUT2D eigenvalue weighted by Gasteiger charge is -2.19. The third kappa shape index (κ3) is 5.35. The summed E-state index contributed by atoms with van der Waals surface area (Å²) in [5, 5.41) is 0. The van der Waals surface area contributed by atoms with Crippen LogP contribution in [0.25, 0.3) is 0 Å². The quantitative estimate of drug-likeness (QED) is 0.531. The Morgan fingerprint density at radius 1 is 1.15 bits per heavy atom. The highest BCUT2D eigenvalue weighted by atomic mass is 16.5. The molecule has 0 spiro atoms. The summed E-state index contributed by atoms with van der Waals surface area (Å²) in [6, 6.07) is 0. The maximum Gasteiger partial charge on any atom is 0.310 e. The Morgan fingerprint density at radius 3 is 2.30 bits per heavy atom. The molecule has 2 unspecified atom stereocenters. The number of ether oxygens (including phenoxy) is 2. The molecule has 4 nitrogen and oxygen atoms in total. The molecule has 2 atom stereocenters. The summed E-state index contributed by atoms with van der Waals surface area (Å²) in [6.07, 6.45) is 6.91. The fourth-order valence-corrected chi connectivity index (χ4v) is 2.62. The van der Waals surface area contributed by atoms with Crippen LogP contribution in [0.2, 0.25) is 0 Å². The molecule has 0 aromatic carbocycles. The Balaban J connectivity index is 2.71. The van der Waals surface area contributed by atoms with Crippen molar-refractivity contribution in [2.24, 2.45) is 11.8 Å². The Hall–Kier alpha value is -1.32. The van der Waals surface area contributed by atoms with Crippen LogP contribution in [0.1, 0.15) is 52.9 Å². The standard InChI is InChI=1S/C16H26O4/c1-4-19-15(17)11-14(16(18)20-5-2)12(3)10-13-8-6-7-9-13/h10,12,14H,4-9,11H2,1-3H3. The first-order valence-corrected chi connectivity index (χ1v) is 7.60. The van der Waals surface area contributed by atoms with E-state index in [1.807, 2.05) is 6.92 Å². The van der Waals surface area contributed by atoms with Crippen molar-refractivity contribution in [3.63, 3.8) is 0 Å². The average molecular weight is 282 g/mol. The molecule has 1 aliphatic carbocycles. The lowest BCUT2D eigenvalue weighted by atomic mass is 9.89. The first kappa shape index (κ1) is 16.7. The molecule has 20 heavy (non-hydrogen) atoms. The van der Waals surface area contributed by atoms with Crippen molar-refractivity contribution in [3.05, 3.63) is 11.6 Å². The molecule has 1 saturated carbocycles. The summed E-state index contributed by atoms with van der Waals surface area (Å²) in [4.78, 5) is 23.7. The molecule has 0 aromatic heterocycles. The molecule has 0 radical (unpaired) electrons. The van der Waals surface area contributed by atoms with Gasteiger partial charge in [-0.3, -0.25) is 9.59 Å². The molecule has 0 amide bonds. The minimum absolute atomic E-state index is 0.00607. The molecule has 1 rings (SSSR count). The van der Waals surface area contributed by atoms with Gasteiger partial charge in [-0.05, 0) is 45.4 Å². The van der Waals surface area contributed by atoms with Crippen LogP contribution in [0.4, 0.5) is 0 Å². The summed E-state index contributed by atoms with van der Waals surface area (Å²) in [7, 11) is 0. The highest BCUT2D eigenvalue weighted by Gasteiger charge is 2.29. The smallest absolute Gasteiger partial charge is 0.310 e.